The predicted octanol–water partition coefficient (Wildman–Crippen LogP) is 3.35. The van der Waals surface area contributed by atoms with Gasteiger partial charge in [-0.1, -0.05) is 33.8 Å². The zero-order valence-electron chi connectivity index (χ0n) is 9.72. The van der Waals surface area contributed by atoms with E-state index in [0.29, 0.717) is 0 Å². The summed E-state index contributed by atoms with van der Waals surface area (Å²) in [5.41, 5.74) is 6.99. The third kappa shape index (κ3) is 2.91. The Kier molecular flexibility index (Phi) is 3.91. The number of aryl methyl sites for hydroxylation is 1. The summed E-state index contributed by atoms with van der Waals surface area (Å²) in [4.78, 5) is 5.43. The summed E-state index contributed by atoms with van der Waals surface area (Å²) in [6.07, 6.45) is 3.74. The average Bonchev–Trinajstić information content (AvgIpc) is 2.64. The molecular formula is C12H14BrN3S. The van der Waals surface area contributed by atoms with Crippen molar-refractivity contribution in [3.05, 3.63) is 40.6 Å². The summed E-state index contributed by atoms with van der Waals surface area (Å²) in [6, 6.07) is 6.25. The van der Waals surface area contributed by atoms with Crippen LogP contribution < -0.4 is 5.73 Å². The molecule has 0 aliphatic heterocycles. The van der Waals surface area contributed by atoms with Gasteiger partial charge in [-0.2, -0.15) is 0 Å². The minimum Gasteiger partial charge on any atom is -0.329 e. The second-order valence-electron chi connectivity index (χ2n) is 3.89. The maximum absolute atomic E-state index is 5.87. The summed E-state index contributed by atoms with van der Waals surface area (Å²) in [5.74, 6) is 0. The van der Waals surface area contributed by atoms with Crippen molar-refractivity contribution in [1.29, 1.82) is 0 Å². The van der Waals surface area contributed by atoms with E-state index >= 15 is 0 Å². The van der Waals surface area contributed by atoms with Gasteiger partial charge < -0.3 is 10.3 Å². The second kappa shape index (κ2) is 5.25. The number of imidazole rings is 1. The van der Waals surface area contributed by atoms with Crippen molar-refractivity contribution in [3.8, 4) is 0 Å². The van der Waals surface area contributed by atoms with E-state index in [1.807, 2.05) is 24.7 Å². The highest BCUT2D eigenvalue weighted by Gasteiger charge is 2.08. The molecule has 90 valence electrons. The second-order valence-corrected chi connectivity index (χ2v) is 5.79. The molecule has 0 fully saturated rings. The molecule has 2 N–H and O–H groups in total. The van der Waals surface area contributed by atoms with Crippen molar-refractivity contribution in [3.63, 3.8) is 0 Å². The molecule has 1 atom stereocenters. The zero-order valence-corrected chi connectivity index (χ0v) is 12.1. The van der Waals surface area contributed by atoms with Crippen molar-refractivity contribution in [2.75, 3.05) is 0 Å². The van der Waals surface area contributed by atoms with Crippen LogP contribution in [0.25, 0.3) is 0 Å². The van der Waals surface area contributed by atoms with E-state index in [1.165, 1.54) is 0 Å². The van der Waals surface area contributed by atoms with E-state index in [4.69, 9.17) is 5.73 Å². The standard InChI is InChI=1S/C12H14BrN3S/c1-8(14)10-4-3-9(7-11(10)13)17-12-15-5-6-16(12)2/h3-8H,14H2,1-2H3/t8-/m0/s1. The molecule has 2 rings (SSSR count). The normalized spacial score (nSPS) is 12.7. The molecule has 3 nitrogen and oxygen atoms in total. The third-order valence-electron chi connectivity index (χ3n) is 2.45. The fourth-order valence-corrected chi connectivity index (χ4v) is 3.23. The van der Waals surface area contributed by atoms with Gasteiger partial charge in [-0.05, 0) is 24.6 Å². The van der Waals surface area contributed by atoms with Crippen LogP contribution in [0.1, 0.15) is 18.5 Å². The number of hydrogen-bond donors (Lipinski definition) is 1. The molecule has 17 heavy (non-hydrogen) atoms. The number of benzene rings is 1. The fourth-order valence-electron chi connectivity index (χ4n) is 1.50. The molecule has 0 spiro atoms. The third-order valence-corrected chi connectivity index (χ3v) is 4.20. The lowest BCUT2D eigenvalue weighted by atomic mass is 10.1. The van der Waals surface area contributed by atoms with Crippen LogP contribution in [0.4, 0.5) is 0 Å². The molecule has 0 amide bonds. The predicted molar refractivity (Wildman–Crippen MR) is 74.1 cm³/mol. The summed E-state index contributed by atoms with van der Waals surface area (Å²) in [5, 5.41) is 0.977. The minimum atomic E-state index is 0.0385. The number of halogens is 1. The highest BCUT2D eigenvalue weighted by molar-refractivity contribution is 9.10. The van der Waals surface area contributed by atoms with Crippen molar-refractivity contribution in [2.45, 2.75) is 23.0 Å². The van der Waals surface area contributed by atoms with Crippen LogP contribution >= 0.6 is 27.7 Å². The first-order chi connectivity index (χ1) is 8.08. The van der Waals surface area contributed by atoms with E-state index in [-0.39, 0.29) is 6.04 Å². The van der Waals surface area contributed by atoms with E-state index in [1.54, 1.807) is 18.0 Å². The van der Waals surface area contributed by atoms with Gasteiger partial charge >= 0.3 is 0 Å². The zero-order chi connectivity index (χ0) is 12.4. The molecule has 0 radical (unpaired) electrons. The fraction of sp³-hybridized carbons (Fsp3) is 0.250. The number of aromatic nitrogens is 2. The molecule has 0 aliphatic rings. The van der Waals surface area contributed by atoms with Crippen LogP contribution in [0.3, 0.4) is 0 Å². The summed E-state index contributed by atoms with van der Waals surface area (Å²) < 4.78 is 3.05. The van der Waals surface area contributed by atoms with Crippen molar-refractivity contribution < 1.29 is 0 Å². The summed E-state index contributed by atoms with van der Waals surface area (Å²) >= 11 is 5.19. The Morgan fingerprint density at radius 3 is 2.76 bits per heavy atom. The molecule has 2 aromatic rings. The molecular weight excluding hydrogens is 298 g/mol. The number of nitrogens with two attached hydrogens (primary N) is 1. The first kappa shape index (κ1) is 12.7. The lowest BCUT2D eigenvalue weighted by Crippen LogP contribution is -2.05. The average molecular weight is 312 g/mol. The Hall–Kier alpha value is -0.780. The van der Waals surface area contributed by atoms with Gasteiger partial charge in [0.05, 0.1) is 0 Å². The molecule has 1 heterocycles. The molecule has 0 bridgehead atoms. The van der Waals surface area contributed by atoms with Gasteiger partial charge in [0, 0.05) is 34.9 Å². The Morgan fingerprint density at radius 1 is 1.47 bits per heavy atom. The largest absolute Gasteiger partial charge is 0.329 e. The first-order valence-electron chi connectivity index (χ1n) is 5.28. The van der Waals surface area contributed by atoms with Crippen LogP contribution in [0, 0.1) is 0 Å². The molecule has 1 aromatic heterocycles. The Labute approximate surface area is 114 Å². The Balaban J connectivity index is 2.24. The molecule has 5 heteroatoms. The monoisotopic (exact) mass is 311 g/mol. The lowest BCUT2D eigenvalue weighted by molar-refractivity contribution is 0.789. The van der Waals surface area contributed by atoms with Gasteiger partial charge in [-0.25, -0.2) is 4.98 Å². The van der Waals surface area contributed by atoms with E-state index < -0.39 is 0 Å². The molecule has 0 aliphatic carbocycles. The number of rotatable bonds is 3. The van der Waals surface area contributed by atoms with E-state index in [9.17, 15) is 0 Å². The van der Waals surface area contributed by atoms with Crippen LogP contribution in [-0.2, 0) is 7.05 Å². The SMILES string of the molecule is C[C@H](N)c1ccc(Sc2nccn2C)cc1Br. The molecule has 0 saturated carbocycles. The van der Waals surface area contributed by atoms with E-state index in [0.717, 1.165) is 20.1 Å². The van der Waals surface area contributed by atoms with Gasteiger partial charge in [0.15, 0.2) is 5.16 Å². The van der Waals surface area contributed by atoms with Crippen LogP contribution in [0.5, 0.6) is 0 Å². The molecule has 0 unspecified atom stereocenters. The van der Waals surface area contributed by atoms with E-state index in [2.05, 4.69) is 39.1 Å². The van der Waals surface area contributed by atoms with Gasteiger partial charge in [-0.15, -0.1) is 0 Å². The van der Waals surface area contributed by atoms with Gasteiger partial charge in [0.25, 0.3) is 0 Å². The maximum Gasteiger partial charge on any atom is 0.172 e. The lowest BCUT2D eigenvalue weighted by Gasteiger charge is -2.10. The van der Waals surface area contributed by atoms with Gasteiger partial charge in [-0.3, -0.25) is 0 Å². The van der Waals surface area contributed by atoms with Crippen LogP contribution in [0.2, 0.25) is 0 Å². The number of nitrogens with zero attached hydrogens (tertiary/aromatic N) is 2. The highest BCUT2D eigenvalue weighted by atomic mass is 79.9. The smallest absolute Gasteiger partial charge is 0.172 e. The highest BCUT2D eigenvalue weighted by Crippen LogP contribution is 2.31. The minimum absolute atomic E-state index is 0.0385. The molecule has 1 aromatic carbocycles. The summed E-state index contributed by atoms with van der Waals surface area (Å²) in [6.45, 7) is 1.98. The van der Waals surface area contributed by atoms with Gasteiger partial charge in [0.2, 0.25) is 0 Å². The first-order valence-corrected chi connectivity index (χ1v) is 6.89. The van der Waals surface area contributed by atoms with Crippen molar-refractivity contribution in [1.82, 2.24) is 9.55 Å². The quantitative estimate of drug-likeness (QED) is 0.945. The van der Waals surface area contributed by atoms with Crippen molar-refractivity contribution >= 4 is 27.7 Å². The number of hydrogen-bond acceptors (Lipinski definition) is 3. The Morgan fingerprint density at radius 2 is 2.24 bits per heavy atom. The van der Waals surface area contributed by atoms with Crippen LogP contribution in [-0.4, -0.2) is 9.55 Å². The van der Waals surface area contributed by atoms with Crippen molar-refractivity contribution in [2.24, 2.45) is 12.8 Å². The summed E-state index contributed by atoms with van der Waals surface area (Å²) in [7, 11) is 1.99. The maximum atomic E-state index is 5.87. The molecule has 0 saturated heterocycles. The topological polar surface area (TPSA) is 43.8 Å². The Bertz CT molecular complexity index is 522. The van der Waals surface area contributed by atoms with Crippen LogP contribution in [0.15, 0.2) is 45.1 Å². The van der Waals surface area contributed by atoms with Gasteiger partial charge in [0.1, 0.15) is 0 Å².